The van der Waals surface area contributed by atoms with Crippen LogP contribution < -0.4 is 0 Å². The molecule has 0 radical (unpaired) electrons. The van der Waals surface area contributed by atoms with E-state index in [9.17, 15) is 9.59 Å². The number of ketones is 2. The highest BCUT2D eigenvalue weighted by Crippen LogP contribution is 2.18. The normalized spacial score (nSPS) is 22.1. The van der Waals surface area contributed by atoms with Crippen LogP contribution in [-0.4, -0.2) is 11.6 Å². The van der Waals surface area contributed by atoms with Gasteiger partial charge in [0.25, 0.3) is 0 Å². The average Bonchev–Trinajstić information content (AvgIpc) is 2.35. The summed E-state index contributed by atoms with van der Waals surface area (Å²) in [5, 5.41) is 0. The Morgan fingerprint density at radius 2 is 2.27 bits per heavy atom. The van der Waals surface area contributed by atoms with Crippen LogP contribution in [0.2, 0.25) is 0 Å². The number of carbonyl (C=O) groups is 2. The molecular formula is C9H12O2. The lowest BCUT2D eigenvalue weighted by Crippen LogP contribution is -2.12. The summed E-state index contributed by atoms with van der Waals surface area (Å²) in [4.78, 5) is 21.7. The van der Waals surface area contributed by atoms with E-state index >= 15 is 0 Å². The van der Waals surface area contributed by atoms with Crippen molar-refractivity contribution in [2.75, 3.05) is 0 Å². The van der Waals surface area contributed by atoms with Gasteiger partial charge in [0.15, 0.2) is 0 Å². The minimum absolute atomic E-state index is 0.0268. The minimum Gasteiger partial charge on any atom is -0.300 e. The molecule has 0 saturated heterocycles. The zero-order chi connectivity index (χ0) is 8.27. The summed E-state index contributed by atoms with van der Waals surface area (Å²) in [6, 6.07) is 0. The molecule has 0 amide bonds. The van der Waals surface area contributed by atoms with Crippen molar-refractivity contribution in [2.45, 2.75) is 26.2 Å². The highest BCUT2D eigenvalue weighted by molar-refractivity contribution is 5.99. The van der Waals surface area contributed by atoms with Crippen LogP contribution in [0.1, 0.15) is 26.2 Å². The predicted molar refractivity (Wildman–Crippen MR) is 42.2 cm³/mol. The monoisotopic (exact) mass is 152 g/mol. The first kappa shape index (κ1) is 8.18. The molecule has 11 heavy (non-hydrogen) atoms. The largest absolute Gasteiger partial charge is 0.300 e. The van der Waals surface area contributed by atoms with Crippen LogP contribution in [0, 0.1) is 5.92 Å². The summed E-state index contributed by atoms with van der Waals surface area (Å²) in [6.07, 6.45) is 5.89. The molecule has 0 saturated carbocycles. The number of hydrogen-bond donors (Lipinski definition) is 0. The van der Waals surface area contributed by atoms with E-state index in [1.165, 1.54) is 6.92 Å². The van der Waals surface area contributed by atoms with E-state index in [2.05, 4.69) is 0 Å². The van der Waals surface area contributed by atoms with Crippen molar-refractivity contribution < 1.29 is 9.59 Å². The standard InChI is InChI=1S/C9H12O2/c1-7(10)6-9(11)8-4-2-3-5-8/h2,4,8H,3,5-6H2,1H3. The Labute approximate surface area is 66.3 Å². The van der Waals surface area contributed by atoms with Crippen LogP contribution in [0.3, 0.4) is 0 Å². The molecular weight excluding hydrogens is 140 g/mol. The van der Waals surface area contributed by atoms with E-state index in [0.717, 1.165) is 12.8 Å². The summed E-state index contributed by atoms with van der Waals surface area (Å²) in [6.45, 7) is 1.45. The lowest BCUT2D eigenvalue weighted by molar-refractivity contribution is -0.127. The molecule has 1 unspecified atom stereocenters. The molecule has 0 aromatic rings. The third kappa shape index (κ3) is 2.30. The molecule has 0 spiro atoms. The smallest absolute Gasteiger partial charge is 0.147 e. The van der Waals surface area contributed by atoms with Crippen molar-refractivity contribution in [3.8, 4) is 0 Å². The fourth-order valence-electron chi connectivity index (χ4n) is 1.28. The number of Topliss-reactive ketones (excluding diaryl/α,β-unsaturated/α-hetero) is 2. The van der Waals surface area contributed by atoms with Gasteiger partial charge in [-0.3, -0.25) is 9.59 Å². The highest BCUT2D eigenvalue weighted by atomic mass is 16.1. The topological polar surface area (TPSA) is 34.1 Å². The summed E-state index contributed by atoms with van der Waals surface area (Å²) in [7, 11) is 0. The Bertz CT molecular complexity index is 204. The van der Waals surface area contributed by atoms with Gasteiger partial charge in [-0.2, -0.15) is 0 Å². The van der Waals surface area contributed by atoms with Crippen LogP contribution in [0.25, 0.3) is 0 Å². The molecule has 60 valence electrons. The van der Waals surface area contributed by atoms with Gasteiger partial charge in [0.1, 0.15) is 11.6 Å². The maximum absolute atomic E-state index is 11.2. The first-order valence-electron chi connectivity index (χ1n) is 3.89. The summed E-state index contributed by atoms with van der Waals surface area (Å²) >= 11 is 0. The van der Waals surface area contributed by atoms with Crippen molar-refractivity contribution >= 4 is 11.6 Å². The van der Waals surface area contributed by atoms with Gasteiger partial charge in [-0.25, -0.2) is 0 Å². The maximum Gasteiger partial charge on any atom is 0.147 e. The van der Waals surface area contributed by atoms with Crippen molar-refractivity contribution in [1.82, 2.24) is 0 Å². The summed E-state index contributed by atoms with van der Waals surface area (Å²) < 4.78 is 0. The van der Waals surface area contributed by atoms with Gasteiger partial charge < -0.3 is 0 Å². The van der Waals surface area contributed by atoms with Gasteiger partial charge in [0.05, 0.1) is 6.42 Å². The Kier molecular flexibility index (Phi) is 2.58. The maximum atomic E-state index is 11.2. The van der Waals surface area contributed by atoms with Crippen LogP contribution in [-0.2, 0) is 9.59 Å². The van der Waals surface area contributed by atoms with Crippen LogP contribution in [0.4, 0.5) is 0 Å². The van der Waals surface area contributed by atoms with Crippen molar-refractivity contribution in [3.63, 3.8) is 0 Å². The summed E-state index contributed by atoms with van der Waals surface area (Å²) in [5.41, 5.74) is 0. The fraction of sp³-hybridized carbons (Fsp3) is 0.556. The molecule has 0 bridgehead atoms. The number of allylic oxidation sites excluding steroid dienone is 2. The molecule has 0 aliphatic heterocycles. The van der Waals surface area contributed by atoms with Gasteiger partial charge in [-0.05, 0) is 19.8 Å². The van der Waals surface area contributed by atoms with E-state index in [-0.39, 0.29) is 23.9 Å². The Balaban J connectivity index is 2.41. The molecule has 0 aromatic carbocycles. The molecule has 0 fully saturated rings. The number of carbonyl (C=O) groups excluding carboxylic acids is 2. The van der Waals surface area contributed by atoms with E-state index in [1.54, 1.807) is 0 Å². The lowest BCUT2D eigenvalue weighted by atomic mass is 10.00. The molecule has 2 nitrogen and oxygen atoms in total. The molecule has 1 aliphatic rings. The first-order valence-corrected chi connectivity index (χ1v) is 3.89. The highest BCUT2D eigenvalue weighted by Gasteiger charge is 2.18. The third-order valence-electron chi connectivity index (χ3n) is 1.85. The molecule has 2 heteroatoms. The zero-order valence-electron chi connectivity index (χ0n) is 6.67. The second-order valence-electron chi connectivity index (χ2n) is 2.96. The third-order valence-corrected chi connectivity index (χ3v) is 1.85. The molecule has 1 aliphatic carbocycles. The molecule has 0 N–H and O–H groups in total. The van der Waals surface area contributed by atoms with E-state index in [4.69, 9.17) is 0 Å². The quantitative estimate of drug-likeness (QED) is 0.453. The number of hydrogen-bond acceptors (Lipinski definition) is 2. The lowest BCUT2D eigenvalue weighted by Gasteiger charge is -2.02. The fourth-order valence-corrected chi connectivity index (χ4v) is 1.28. The van der Waals surface area contributed by atoms with E-state index < -0.39 is 0 Å². The second-order valence-corrected chi connectivity index (χ2v) is 2.96. The molecule has 1 rings (SSSR count). The van der Waals surface area contributed by atoms with Crippen LogP contribution in [0.5, 0.6) is 0 Å². The Morgan fingerprint density at radius 1 is 1.55 bits per heavy atom. The van der Waals surface area contributed by atoms with Crippen molar-refractivity contribution in [2.24, 2.45) is 5.92 Å². The zero-order valence-corrected chi connectivity index (χ0v) is 6.67. The summed E-state index contributed by atoms with van der Waals surface area (Å²) in [5.74, 6) is 0.0699. The van der Waals surface area contributed by atoms with E-state index in [0.29, 0.717) is 0 Å². The average molecular weight is 152 g/mol. The first-order chi connectivity index (χ1) is 5.20. The second kappa shape index (κ2) is 3.46. The van der Waals surface area contributed by atoms with Crippen molar-refractivity contribution in [1.29, 1.82) is 0 Å². The van der Waals surface area contributed by atoms with Gasteiger partial charge in [0, 0.05) is 5.92 Å². The SMILES string of the molecule is CC(=O)CC(=O)C1C=CCC1. The number of rotatable bonds is 3. The van der Waals surface area contributed by atoms with Crippen molar-refractivity contribution in [3.05, 3.63) is 12.2 Å². The minimum atomic E-state index is -0.0321. The predicted octanol–water partition coefficient (Wildman–Crippen LogP) is 1.50. The van der Waals surface area contributed by atoms with Gasteiger partial charge in [0.2, 0.25) is 0 Å². The van der Waals surface area contributed by atoms with Gasteiger partial charge in [-0.1, -0.05) is 12.2 Å². The molecule has 0 aromatic heterocycles. The van der Waals surface area contributed by atoms with Gasteiger partial charge in [-0.15, -0.1) is 0 Å². The Hall–Kier alpha value is -0.920. The van der Waals surface area contributed by atoms with E-state index in [1.807, 2.05) is 12.2 Å². The Morgan fingerprint density at radius 3 is 2.73 bits per heavy atom. The van der Waals surface area contributed by atoms with Gasteiger partial charge >= 0.3 is 0 Å². The van der Waals surface area contributed by atoms with Crippen LogP contribution in [0.15, 0.2) is 12.2 Å². The van der Waals surface area contributed by atoms with Crippen LogP contribution >= 0.6 is 0 Å². The molecule has 0 heterocycles. The molecule has 1 atom stereocenters.